The van der Waals surface area contributed by atoms with E-state index in [4.69, 9.17) is 5.11 Å². The molecule has 1 rings (SSSR count). The average molecular weight is 202 g/mol. The van der Waals surface area contributed by atoms with Crippen LogP contribution in [-0.2, 0) is 14.4 Å². The van der Waals surface area contributed by atoms with E-state index in [1.54, 1.807) is 0 Å². The van der Waals surface area contributed by atoms with Gasteiger partial charge in [0.05, 0.1) is 5.92 Å². The number of carboxylic acid groups (broad SMARTS) is 1. The van der Waals surface area contributed by atoms with Gasteiger partial charge in [-0.2, -0.15) is 0 Å². The van der Waals surface area contributed by atoms with Crippen molar-refractivity contribution in [2.45, 2.75) is 12.8 Å². The van der Waals surface area contributed by atoms with Crippen LogP contribution in [-0.4, -0.2) is 36.7 Å². The van der Waals surface area contributed by atoms with Crippen LogP contribution < -0.4 is 10.8 Å². The molecule has 1 saturated heterocycles. The first kappa shape index (κ1) is 10.9. The van der Waals surface area contributed by atoms with Crippen LogP contribution in [0.25, 0.3) is 0 Å². The third-order valence-corrected chi connectivity index (χ3v) is 2.04. The normalized spacial score (nSPS) is 21.6. The summed E-state index contributed by atoms with van der Waals surface area (Å²) in [5.74, 6) is -1.47. The minimum Gasteiger partial charge on any atom is -0.479 e. The van der Waals surface area contributed by atoms with Gasteiger partial charge in [0.2, 0.25) is 5.91 Å². The van der Waals surface area contributed by atoms with Crippen LogP contribution in [0, 0.1) is 5.92 Å². The molecule has 0 unspecified atom stereocenters. The molecule has 1 atom stereocenters. The lowest BCUT2D eigenvalue weighted by atomic mass is 9.99. The maximum absolute atomic E-state index is 11.3. The molecule has 0 spiro atoms. The average Bonchev–Trinajstić information content (AvgIpc) is 2.18. The zero-order chi connectivity index (χ0) is 10.4. The molecule has 3 N–H and O–H groups in total. The fourth-order valence-corrected chi connectivity index (χ4v) is 1.33. The second-order valence-electron chi connectivity index (χ2n) is 3.19. The Kier molecular flexibility index (Phi) is 4.34. The van der Waals surface area contributed by atoms with E-state index < -0.39 is 12.6 Å². The summed E-state index contributed by atoms with van der Waals surface area (Å²) < 4.78 is 0. The zero-order valence-corrected chi connectivity index (χ0v) is 7.78. The standard InChI is InChI=1S/C8H14N2O4/c11-7(12)5-14-10-8(13)6-2-1-3-9-4-6/h6,9H,1-5H2,(H,10,13)(H,11,12)/t6-/m0/s1. The summed E-state index contributed by atoms with van der Waals surface area (Å²) in [4.78, 5) is 25.9. The van der Waals surface area contributed by atoms with Crippen LogP contribution in [0.4, 0.5) is 0 Å². The van der Waals surface area contributed by atoms with E-state index in [2.05, 4.69) is 15.6 Å². The summed E-state index contributed by atoms with van der Waals surface area (Å²) in [6.07, 6.45) is 1.77. The molecule has 1 heterocycles. The van der Waals surface area contributed by atoms with Gasteiger partial charge in [0.15, 0.2) is 6.61 Å². The number of nitrogens with one attached hydrogen (secondary N) is 2. The maximum atomic E-state index is 11.3. The van der Waals surface area contributed by atoms with Crippen molar-refractivity contribution in [2.24, 2.45) is 5.92 Å². The van der Waals surface area contributed by atoms with Crippen molar-refractivity contribution in [2.75, 3.05) is 19.7 Å². The molecular formula is C8H14N2O4. The number of hydrogen-bond donors (Lipinski definition) is 3. The van der Waals surface area contributed by atoms with Gasteiger partial charge in [0, 0.05) is 6.54 Å². The molecule has 0 aromatic rings. The number of amides is 1. The molecule has 1 fully saturated rings. The molecule has 6 nitrogen and oxygen atoms in total. The number of hydrogen-bond acceptors (Lipinski definition) is 4. The molecule has 0 aliphatic carbocycles. The highest BCUT2D eigenvalue weighted by Gasteiger charge is 2.20. The fourth-order valence-electron chi connectivity index (χ4n) is 1.33. The second-order valence-corrected chi connectivity index (χ2v) is 3.19. The van der Waals surface area contributed by atoms with Gasteiger partial charge in [-0.05, 0) is 19.4 Å². The topological polar surface area (TPSA) is 87.7 Å². The molecule has 0 bridgehead atoms. The Bertz CT molecular complexity index is 213. The van der Waals surface area contributed by atoms with Crippen molar-refractivity contribution in [1.82, 2.24) is 10.8 Å². The van der Waals surface area contributed by atoms with E-state index in [1.165, 1.54) is 0 Å². The Morgan fingerprint density at radius 1 is 1.57 bits per heavy atom. The Morgan fingerprint density at radius 3 is 2.93 bits per heavy atom. The van der Waals surface area contributed by atoms with Crippen molar-refractivity contribution >= 4 is 11.9 Å². The summed E-state index contributed by atoms with van der Waals surface area (Å²) >= 11 is 0. The molecule has 1 aliphatic rings. The molecule has 14 heavy (non-hydrogen) atoms. The van der Waals surface area contributed by atoms with E-state index in [-0.39, 0.29) is 11.8 Å². The first-order chi connectivity index (χ1) is 6.70. The molecule has 80 valence electrons. The Labute approximate surface area is 81.6 Å². The summed E-state index contributed by atoms with van der Waals surface area (Å²) in [5.41, 5.74) is 2.12. The number of aliphatic carboxylic acids is 1. The first-order valence-corrected chi connectivity index (χ1v) is 4.54. The predicted octanol–water partition coefficient (Wildman–Crippen LogP) is -0.882. The summed E-state index contributed by atoms with van der Waals surface area (Å²) in [6, 6.07) is 0. The fraction of sp³-hybridized carbons (Fsp3) is 0.750. The lowest BCUT2D eigenvalue weighted by Crippen LogP contribution is -2.41. The molecule has 0 radical (unpaired) electrons. The summed E-state index contributed by atoms with van der Waals surface area (Å²) in [5, 5.41) is 11.3. The van der Waals surface area contributed by atoms with Crippen LogP contribution >= 0.6 is 0 Å². The van der Waals surface area contributed by atoms with E-state index in [0.29, 0.717) is 6.54 Å². The highest BCUT2D eigenvalue weighted by Crippen LogP contribution is 2.09. The lowest BCUT2D eigenvalue weighted by Gasteiger charge is -2.21. The van der Waals surface area contributed by atoms with Gasteiger partial charge in [0.1, 0.15) is 0 Å². The number of piperidine rings is 1. The quantitative estimate of drug-likeness (QED) is 0.515. The molecular weight excluding hydrogens is 188 g/mol. The number of hydroxylamine groups is 1. The van der Waals surface area contributed by atoms with Gasteiger partial charge in [-0.15, -0.1) is 0 Å². The third kappa shape index (κ3) is 3.71. The van der Waals surface area contributed by atoms with Crippen LogP contribution in [0.2, 0.25) is 0 Å². The van der Waals surface area contributed by atoms with Gasteiger partial charge in [-0.3, -0.25) is 9.63 Å². The Hall–Kier alpha value is -1.14. The molecule has 0 saturated carbocycles. The Morgan fingerprint density at radius 2 is 2.36 bits per heavy atom. The molecule has 6 heteroatoms. The van der Waals surface area contributed by atoms with Crippen molar-refractivity contribution < 1.29 is 19.5 Å². The third-order valence-electron chi connectivity index (χ3n) is 2.04. The van der Waals surface area contributed by atoms with Gasteiger partial charge >= 0.3 is 5.97 Å². The predicted molar refractivity (Wildman–Crippen MR) is 47.3 cm³/mol. The van der Waals surface area contributed by atoms with Gasteiger partial charge in [-0.25, -0.2) is 10.3 Å². The van der Waals surface area contributed by atoms with E-state index in [1.807, 2.05) is 0 Å². The first-order valence-electron chi connectivity index (χ1n) is 4.54. The second kappa shape index (κ2) is 5.56. The van der Waals surface area contributed by atoms with E-state index >= 15 is 0 Å². The Balaban J connectivity index is 2.16. The minimum atomic E-state index is -1.10. The van der Waals surface area contributed by atoms with Crippen LogP contribution in [0.1, 0.15) is 12.8 Å². The van der Waals surface area contributed by atoms with Crippen LogP contribution in [0.3, 0.4) is 0 Å². The number of carbonyl (C=O) groups excluding carboxylic acids is 1. The minimum absolute atomic E-state index is 0.113. The SMILES string of the molecule is O=C(O)CONC(=O)[C@H]1CCCNC1. The van der Waals surface area contributed by atoms with Crippen LogP contribution in [0.15, 0.2) is 0 Å². The monoisotopic (exact) mass is 202 g/mol. The largest absolute Gasteiger partial charge is 0.479 e. The van der Waals surface area contributed by atoms with E-state index in [9.17, 15) is 9.59 Å². The molecule has 1 aliphatic heterocycles. The summed E-state index contributed by atoms with van der Waals surface area (Å²) in [6.45, 7) is 1.05. The van der Waals surface area contributed by atoms with Crippen molar-refractivity contribution in [3.8, 4) is 0 Å². The van der Waals surface area contributed by atoms with Crippen molar-refractivity contribution in [3.05, 3.63) is 0 Å². The van der Waals surface area contributed by atoms with Crippen molar-refractivity contribution in [3.63, 3.8) is 0 Å². The number of carboxylic acids is 1. The molecule has 0 aromatic carbocycles. The van der Waals surface area contributed by atoms with Gasteiger partial charge in [0.25, 0.3) is 0 Å². The maximum Gasteiger partial charge on any atom is 0.332 e. The van der Waals surface area contributed by atoms with Gasteiger partial charge < -0.3 is 10.4 Å². The summed E-state index contributed by atoms with van der Waals surface area (Å²) in [7, 11) is 0. The smallest absolute Gasteiger partial charge is 0.332 e. The number of carbonyl (C=O) groups is 2. The van der Waals surface area contributed by atoms with E-state index in [0.717, 1.165) is 19.4 Å². The lowest BCUT2D eigenvalue weighted by molar-refractivity contribution is -0.150. The highest BCUT2D eigenvalue weighted by atomic mass is 16.7. The molecule has 0 aromatic heterocycles. The molecule has 1 amide bonds. The number of rotatable bonds is 4. The van der Waals surface area contributed by atoms with Crippen LogP contribution in [0.5, 0.6) is 0 Å². The van der Waals surface area contributed by atoms with Crippen molar-refractivity contribution in [1.29, 1.82) is 0 Å². The zero-order valence-electron chi connectivity index (χ0n) is 7.78. The highest BCUT2D eigenvalue weighted by molar-refractivity contribution is 5.78. The van der Waals surface area contributed by atoms with Gasteiger partial charge in [-0.1, -0.05) is 0 Å².